The molecule has 2 rings (SSSR count). The third-order valence-electron chi connectivity index (χ3n) is 2.54. The molecule has 0 aliphatic rings. The van der Waals surface area contributed by atoms with E-state index in [1.807, 2.05) is 0 Å². The molecule has 0 amide bonds. The molecule has 0 unspecified atom stereocenters. The molecule has 0 aliphatic heterocycles. The molecule has 0 atom stereocenters. The van der Waals surface area contributed by atoms with E-state index in [1.165, 1.54) is 12.1 Å². The Kier molecular flexibility index (Phi) is 4.00. The highest BCUT2D eigenvalue weighted by atomic mass is 35.5. The van der Waals surface area contributed by atoms with E-state index in [4.69, 9.17) is 34.8 Å². The first-order valence-electron chi connectivity index (χ1n) is 5.12. The molecule has 2 aromatic carbocycles. The molecule has 0 radical (unpaired) electrons. The maximum absolute atomic E-state index is 12.8. The highest BCUT2D eigenvalue weighted by molar-refractivity contribution is 6.41. The van der Waals surface area contributed by atoms with Crippen molar-refractivity contribution in [1.82, 2.24) is 0 Å². The van der Waals surface area contributed by atoms with Crippen molar-refractivity contribution in [1.29, 1.82) is 0 Å². The topological polar surface area (TPSA) is 0 Å². The van der Waals surface area contributed by atoms with E-state index in [1.54, 1.807) is 18.2 Å². The third kappa shape index (κ3) is 2.83. The monoisotopic (exact) mass is 324 g/mol. The summed E-state index contributed by atoms with van der Waals surface area (Å²) in [6, 6.07) is 8.32. The first-order chi connectivity index (χ1) is 8.82. The minimum absolute atomic E-state index is 0.159. The minimum Gasteiger partial charge on any atom is -0.166 e. The SMILES string of the molecule is FC(F)(F)c1cccc(-c2c(Cl)cccc2Cl)c1Cl. The Bertz CT molecular complexity index is 601. The summed E-state index contributed by atoms with van der Waals surface area (Å²) in [7, 11) is 0. The number of alkyl halides is 3. The fourth-order valence-corrected chi connectivity index (χ4v) is 2.63. The summed E-state index contributed by atoms with van der Waals surface area (Å²) >= 11 is 17.8. The predicted molar refractivity (Wildman–Crippen MR) is 71.9 cm³/mol. The van der Waals surface area contributed by atoms with Gasteiger partial charge in [0, 0.05) is 21.2 Å². The first kappa shape index (κ1) is 14.5. The Balaban J connectivity index is 2.71. The molecule has 0 heterocycles. The second kappa shape index (κ2) is 5.23. The van der Waals surface area contributed by atoms with Gasteiger partial charge in [0.05, 0.1) is 10.6 Å². The maximum Gasteiger partial charge on any atom is 0.417 e. The summed E-state index contributed by atoms with van der Waals surface area (Å²) in [6.45, 7) is 0. The van der Waals surface area contributed by atoms with E-state index < -0.39 is 16.8 Å². The summed E-state index contributed by atoms with van der Waals surface area (Å²) in [4.78, 5) is 0. The maximum atomic E-state index is 12.8. The highest BCUT2D eigenvalue weighted by Gasteiger charge is 2.34. The average Bonchev–Trinajstić information content (AvgIpc) is 2.29. The number of hydrogen-bond acceptors (Lipinski definition) is 0. The predicted octanol–water partition coefficient (Wildman–Crippen LogP) is 6.33. The third-order valence-corrected chi connectivity index (χ3v) is 3.57. The van der Waals surface area contributed by atoms with Gasteiger partial charge in [-0.25, -0.2) is 0 Å². The van der Waals surface area contributed by atoms with Crippen molar-refractivity contribution >= 4 is 34.8 Å². The van der Waals surface area contributed by atoms with Crippen LogP contribution in [-0.4, -0.2) is 0 Å². The second-order valence-corrected chi connectivity index (χ2v) is 4.95. The fraction of sp³-hybridized carbons (Fsp3) is 0.0769. The highest BCUT2D eigenvalue weighted by Crippen LogP contribution is 2.43. The molecular weight excluding hydrogens is 319 g/mol. The van der Waals surface area contributed by atoms with E-state index >= 15 is 0 Å². The Morgan fingerprint density at radius 2 is 1.32 bits per heavy atom. The van der Waals surface area contributed by atoms with Gasteiger partial charge in [-0.2, -0.15) is 13.2 Å². The molecule has 19 heavy (non-hydrogen) atoms. The van der Waals surface area contributed by atoms with Gasteiger partial charge in [0.2, 0.25) is 0 Å². The normalized spacial score (nSPS) is 11.7. The van der Waals surface area contributed by atoms with E-state index in [0.717, 1.165) is 6.07 Å². The summed E-state index contributed by atoms with van der Waals surface area (Å²) in [5.74, 6) is 0. The fourth-order valence-electron chi connectivity index (χ4n) is 1.70. The smallest absolute Gasteiger partial charge is 0.166 e. The molecule has 6 heteroatoms. The van der Waals surface area contributed by atoms with Gasteiger partial charge >= 0.3 is 6.18 Å². The van der Waals surface area contributed by atoms with Crippen molar-refractivity contribution in [3.8, 4) is 11.1 Å². The minimum atomic E-state index is -4.53. The summed E-state index contributed by atoms with van der Waals surface area (Å²) in [6.07, 6.45) is -4.53. The summed E-state index contributed by atoms with van der Waals surface area (Å²) < 4.78 is 38.4. The molecule has 2 aromatic rings. The van der Waals surface area contributed by atoms with Gasteiger partial charge in [0.25, 0.3) is 0 Å². The van der Waals surface area contributed by atoms with Crippen molar-refractivity contribution in [2.45, 2.75) is 6.18 Å². The van der Waals surface area contributed by atoms with Crippen LogP contribution in [0.1, 0.15) is 5.56 Å². The number of benzene rings is 2. The van der Waals surface area contributed by atoms with Gasteiger partial charge in [-0.15, -0.1) is 0 Å². The molecule has 0 spiro atoms. The van der Waals surface area contributed by atoms with Crippen LogP contribution in [0.2, 0.25) is 15.1 Å². The second-order valence-electron chi connectivity index (χ2n) is 3.76. The molecule has 0 aromatic heterocycles. The zero-order valence-electron chi connectivity index (χ0n) is 9.23. The molecule has 0 saturated heterocycles. The molecule has 100 valence electrons. The van der Waals surface area contributed by atoms with Crippen LogP contribution in [0.4, 0.5) is 13.2 Å². The van der Waals surface area contributed by atoms with Gasteiger partial charge in [-0.3, -0.25) is 0 Å². The van der Waals surface area contributed by atoms with Crippen LogP contribution in [0, 0.1) is 0 Å². The van der Waals surface area contributed by atoms with Gasteiger partial charge in [0.1, 0.15) is 0 Å². The number of hydrogen-bond donors (Lipinski definition) is 0. The lowest BCUT2D eigenvalue weighted by Gasteiger charge is -2.14. The Morgan fingerprint density at radius 1 is 0.789 bits per heavy atom. The van der Waals surface area contributed by atoms with Crippen molar-refractivity contribution in [3.05, 3.63) is 57.0 Å². The standard InChI is InChI=1S/C13H6Cl3F3/c14-9-5-2-6-10(15)11(9)7-3-1-4-8(12(7)16)13(17,18)19/h1-6H. The van der Waals surface area contributed by atoms with Gasteiger partial charge in [-0.1, -0.05) is 53.0 Å². The molecule has 0 fully saturated rings. The number of halogens is 6. The molecule has 0 nitrogen and oxygen atoms in total. The van der Waals surface area contributed by atoms with E-state index in [9.17, 15) is 13.2 Å². The lowest BCUT2D eigenvalue weighted by atomic mass is 10.0. The Labute approximate surface area is 122 Å². The van der Waals surface area contributed by atoms with E-state index in [-0.39, 0.29) is 15.6 Å². The van der Waals surface area contributed by atoms with Crippen LogP contribution >= 0.6 is 34.8 Å². The number of rotatable bonds is 1. The summed E-state index contributed by atoms with van der Waals surface area (Å²) in [5, 5.41) is 0.0763. The van der Waals surface area contributed by atoms with Crippen LogP contribution in [0.15, 0.2) is 36.4 Å². The van der Waals surface area contributed by atoms with E-state index in [0.29, 0.717) is 5.56 Å². The average molecular weight is 326 g/mol. The largest absolute Gasteiger partial charge is 0.417 e. The van der Waals surface area contributed by atoms with Crippen molar-refractivity contribution < 1.29 is 13.2 Å². The zero-order valence-corrected chi connectivity index (χ0v) is 11.5. The lowest BCUT2D eigenvalue weighted by molar-refractivity contribution is -0.137. The van der Waals surface area contributed by atoms with Gasteiger partial charge in [-0.05, 0) is 18.2 Å². The lowest BCUT2D eigenvalue weighted by Crippen LogP contribution is -2.06. The first-order valence-corrected chi connectivity index (χ1v) is 6.26. The Hall–Kier alpha value is -0.900. The van der Waals surface area contributed by atoms with Crippen LogP contribution in [0.25, 0.3) is 11.1 Å². The van der Waals surface area contributed by atoms with Crippen molar-refractivity contribution in [2.24, 2.45) is 0 Å². The van der Waals surface area contributed by atoms with Crippen LogP contribution in [0.5, 0.6) is 0 Å². The van der Waals surface area contributed by atoms with Gasteiger partial charge < -0.3 is 0 Å². The molecule has 0 saturated carbocycles. The van der Waals surface area contributed by atoms with Crippen LogP contribution in [0.3, 0.4) is 0 Å². The van der Waals surface area contributed by atoms with Crippen LogP contribution in [-0.2, 0) is 6.18 Å². The molecule has 0 aliphatic carbocycles. The molecule has 0 bridgehead atoms. The van der Waals surface area contributed by atoms with E-state index in [2.05, 4.69) is 0 Å². The molecular formula is C13H6Cl3F3. The zero-order chi connectivity index (χ0) is 14.2. The van der Waals surface area contributed by atoms with Crippen molar-refractivity contribution in [2.75, 3.05) is 0 Å². The van der Waals surface area contributed by atoms with Crippen molar-refractivity contribution in [3.63, 3.8) is 0 Å². The molecule has 0 N–H and O–H groups in total. The van der Waals surface area contributed by atoms with Gasteiger partial charge in [0.15, 0.2) is 0 Å². The summed E-state index contributed by atoms with van der Waals surface area (Å²) in [5.41, 5.74) is -0.461. The van der Waals surface area contributed by atoms with Crippen LogP contribution < -0.4 is 0 Å². The quantitative estimate of drug-likeness (QED) is 0.574. The Morgan fingerprint density at radius 3 is 1.84 bits per heavy atom.